The summed E-state index contributed by atoms with van der Waals surface area (Å²) in [5, 5.41) is 11.8. The summed E-state index contributed by atoms with van der Waals surface area (Å²) in [6, 6.07) is 10.3. The van der Waals surface area contributed by atoms with Gasteiger partial charge in [-0.1, -0.05) is 6.07 Å². The molecule has 0 heterocycles. The highest BCUT2D eigenvalue weighted by atomic mass is 35.5. The van der Waals surface area contributed by atoms with E-state index in [1.165, 1.54) is 24.3 Å². The Morgan fingerprint density at radius 1 is 1.08 bits per heavy atom. The molecular formula is C17H15ClN2O4. The molecule has 0 spiro atoms. The first-order chi connectivity index (χ1) is 11.3. The van der Waals surface area contributed by atoms with Crippen LogP contribution in [0.15, 0.2) is 42.5 Å². The molecule has 0 aliphatic carbocycles. The first-order valence-corrected chi connectivity index (χ1v) is 7.54. The number of carbonyl (C=O) groups excluding carboxylic acids is 2. The molecule has 1 N–H and O–H groups in total. The standard InChI is InChI=1S/C17H15ClN2O4/c1-10-3-6-13(9-11(10)2)19-17(22)15(18)16(21)12-4-7-14(8-5-12)20(23)24/h3-9,15H,1-2H3,(H,19,22)/t15-/m0/s1. The first-order valence-electron chi connectivity index (χ1n) is 7.10. The summed E-state index contributed by atoms with van der Waals surface area (Å²) < 4.78 is 0. The molecule has 1 atom stereocenters. The molecule has 0 aromatic heterocycles. The van der Waals surface area contributed by atoms with Crippen LogP contribution in [0.3, 0.4) is 0 Å². The Hall–Kier alpha value is -2.73. The van der Waals surface area contributed by atoms with Crippen LogP contribution in [-0.4, -0.2) is 22.0 Å². The highest BCUT2D eigenvalue weighted by Crippen LogP contribution is 2.18. The maximum Gasteiger partial charge on any atom is 0.269 e. The number of ketones is 1. The van der Waals surface area contributed by atoms with Crippen molar-refractivity contribution in [3.8, 4) is 0 Å². The molecule has 0 aliphatic rings. The Bertz CT molecular complexity index is 803. The molecule has 0 aliphatic heterocycles. The zero-order chi connectivity index (χ0) is 17.9. The number of rotatable bonds is 5. The third kappa shape index (κ3) is 3.97. The van der Waals surface area contributed by atoms with E-state index < -0.39 is 22.0 Å². The predicted octanol–water partition coefficient (Wildman–Crippen LogP) is 3.64. The molecule has 1 amide bonds. The molecular weight excluding hydrogens is 332 g/mol. The Kier molecular flexibility index (Phi) is 5.31. The number of anilines is 1. The van der Waals surface area contributed by atoms with Gasteiger partial charge in [-0.15, -0.1) is 11.6 Å². The van der Waals surface area contributed by atoms with Crippen molar-refractivity contribution in [2.45, 2.75) is 19.2 Å². The van der Waals surface area contributed by atoms with E-state index >= 15 is 0 Å². The summed E-state index contributed by atoms with van der Waals surface area (Å²) in [4.78, 5) is 34.4. The lowest BCUT2D eigenvalue weighted by Crippen LogP contribution is -2.30. The average Bonchev–Trinajstić information content (AvgIpc) is 2.56. The van der Waals surface area contributed by atoms with Crippen molar-refractivity contribution in [1.82, 2.24) is 0 Å². The Balaban J connectivity index is 2.10. The van der Waals surface area contributed by atoms with E-state index in [0.717, 1.165) is 11.1 Å². The van der Waals surface area contributed by atoms with Gasteiger partial charge in [-0.05, 0) is 49.2 Å². The second kappa shape index (κ2) is 7.23. The van der Waals surface area contributed by atoms with Crippen molar-refractivity contribution in [1.29, 1.82) is 0 Å². The number of benzene rings is 2. The van der Waals surface area contributed by atoms with Crippen LogP contribution < -0.4 is 5.32 Å². The zero-order valence-electron chi connectivity index (χ0n) is 13.1. The molecule has 6 nitrogen and oxygen atoms in total. The van der Waals surface area contributed by atoms with Gasteiger partial charge in [0.2, 0.25) is 5.91 Å². The summed E-state index contributed by atoms with van der Waals surface area (Å²) >= 11 is 5.94. The minimum absolute atomic E-state index is 0.135. The summed E-state index contributed by atoms with van der Waals surface area (Å²) in [5.74, 6) is -1.27. The fraction of sp³-hybridized carbons (Fsp3) is 0.176. The van der Waals surface area contributed by atoms with Crippen LogP contribution in [0.5, 0.6) is 0 Å². The average molecular weight is 347 g/mol. The number of Topliss-reactive ketones (excluding diaryl/α,β-unsaturated/α-hetero) is 1. The number of carbonyl (C=O) groups is 2. The number of non-ortho nitro benzene ring substituents is 1. The van der Waals surface area contributed by atoms with Crippen LogP contribution in [0.4, 0.5) is 11.4 Å². The molecule has 0 saturated carbocycles. The second-order valence-electron chi connectivity index (χ2n) is 5.32. The van der Waals surface area contributed by atoms with Crippen LogP contribution in [0.1, 0.15) is 21.5 Å². The van der Waals surface area contributed by atoms with Gasteiger partial charge >= 0.3 is 0 Å². The number of aryl methyl sites for hydroxylation is 2. The lowest BCUT2D eigenvalue weighted by Gasteiger charge is -2.11. The number of amides is 1. The van der Waals surface area contributed by atoms with Gasteiger partial charge in [0.25, 0.3) is 5.69 Å². The van der Waals surface area contributed by atoms with Crippen molar-refractivity contribution >= 4 is 34.7 Å². The van der Waals surface area contributed by atoms with Gasteiger partial charge < -0.3 is 5.32 Å². The molecule has 2 rings (SSSR count). The van der Waals surface area contributed by atoms with Crippen LogP contribution in [0, 0.1) is 24.0 Å². The van der Waals surface area contributed by atoms with Gasteiger partial charge in [0, 0.05) is 23.4 Å². The van der Waals surface area contributed by atoms with E-state index in [0.29, 0.717) is 5.69 Å². The van der Waals surface area contributed by atoms with Crippen molar-refractivity contribution < 1.29 is 14.5 Å². The SMILES string of the molecule is Cc1ccc(NC(=O)[C@@H](Cl)C(=O)c2ccc([N+](=O)[O-])cc2)cc1C. The number of nitrogens with one attached hydrogen (secondary N) is 1. The third-order valence-corrected chi connectivity index (χ3v) is 3.99. The number of hydrogen-bond donors (Lipinski definition) is 1. The molecule has 0 unspecified atom stereocenters. The molecule has 0 fully saturated rings. The summed E-state index contributed by atoms with van der Waals surface area (Å²) in [7, 11) is 0. The summed E-state index contributed by atoms with van der Waals surface area (Å²) in [6.45, 7) is 3.86. The number of hydrogen-bond acceptors (Lipinski definition) is 4. The van der Waals surface area contributed by atoms with Crippen LogP contribution in [0.25, 0.3) is 0 Å². The maximum absolute atomic E-state index is 12.2. The number of nitrogens with zero attached hydrogens (tertiary/aromatic N) is 1. The van der Waals surface area contributed by atoms with Crippen LogP contribution in [0.2, 0.25) is 0 Å². The van der Waals surface area contributed by atoms with Gasteiger partial charge in [-0.25, -0.2) is 0 Å². The quantitative estimate of drug-likeness (QED) is 0.294. The lowest BCUT2D eigenvalue weighted by atomic mass is 10.1. The highest BCUT2D eigenvalue weighted by molar-refractivity contribution is 6.45. The molecule has 124 valence electrons. The van der Waals surface area contributed by atoms with E-state index in [9.17, 15) is 19.7 Å². The molecule has 0 saturated heterocycles. The monoisotopic (exact) mass is 346 g/mol. The number of halogens is 1. The molecule has 24 heavy (non-hydrogen) atoms. The first kappa shape index (κ1) is 17.6. The van der Waals surface area contributed by atoms with Crippen molar-refractivity contribution in [2.24, 2.45) is 0 Å². The van der Waals surface area contributed by atoms with Gasteiger partial charge in [0.1, 0.15) is 0 Å². The second-order valence-corrected chi connectivity index (χ2v) is 5.76. The zero-order valence-corrected chi connectivity index (χ0v) is 13.8. The lowest BCUT2D eigenvalue weighted by molar-refractivity contribution is -0.384. The number of alkyl halides is 1. The Morgan fingerprint density at radius 2 is 1.71 bits per heavy atom. The molecule has 7 heteroatoms. The van der Waals surface area contributed by atoms with E-state index in [1.807, 2.05) is 19.9 Å². The minimum atomic E-state index is -1.42. The van der Waals surface area contributed by atoms with Crippen LogP contribution >= 0.6 is 11.6 Å². The number of nitro benzene ring substituents is 1. The molecule has 2 aromatic carbocycles. The van der Waals surface area contributed by atoms with Gasteiger partial charge in [0.15, 0.2) is 11.2 Å². The molecule has 2 aromatic rings. The minimum Gasteiger partial charge on any atom is -0.324 e. The van der Waals surface area contributed by atoms with Crippen molar-refractivity contribution in [3.63, 3.8) is 0 Å². The van der Waals surface area contributed by atoms with Crippen molar-refractivity contribution in [3.05, 3.63) is 69.3 Å². The number of nitro groups is 1. The summed E-state index contributed by atoms with van der Waals surface area (Å²) in [5.41, 5.74) is 2.62. The third-order valence-electron chi connectivity index (χ3n) is 3.60. The van der Waals surface area contributed by atoms with E-state index in [-0.39, 0.29) is 11.3 Å². The van der Waals surface area contributed by atoms with Gasteiger partial charge in [-0.2, -0.15) is 0 Å². The van der Waals surface area contributed by atoms with Crippen molar-refractivity contribution in [2.75, 3.05) is 5.32 Å². The largest absolute Gasteiger partial charge is 0.324 e. The predicted molar refractivity (Wildman–Crippen MR) is 91.6 cm³/mol. The van der Waals surface area contributed by atoms with E-state index in [2.05, 4.69) is 5.32 Å². The normalized spacial score (nSPS) is 11.6. The fourth-order valence-electron chi connectivity index (χ4n) is 2.04. The topological polar surface area (TPSA) is 89.3 Å². The molecule has 0 radical (unpaired) electrons. The Morgan fingerprint density at radius 3 is 2.25 bits per heavy atom. The Labute approximate surface area is 143 Å². The molecule has 0 bridgehead atoms. The van der Waals surface area contributed by atoms with Crippen LogP contribution in [-0.2, 0) is 4.79 Å². The smallest absolute Gasteiger partial charge is 0.269 e. The van der Waals surface area contributed by atoms with E-state index in [1.54, 1.807) is 12.1 Å². The fourth-order valence-corrected chi connectivity index (χ4v) is 2.22. The van der Waals surface area contributed by atoms with Gasteiger partial charge in [-0.3, -0.25) is 19.7 Å². The van der Waals surface area contributed by atoms with E-state index in [4.69, 9.17) is 11.6 Å². The summed E-state index contributed by atoms with van der Waals surface area (Å²) in [6.07, 6.45) is 0. The highest BCUT2D eigenvalue weighted by Gasteiger charge is 2.25. The van der Waals surface area contributed by atoms with Gasteiger partial charge in [0.05, 0.1) is 4.92 Å². The maximum atomic E-state index is 12.2.